The second-order valence-electron chi connectivity index (χ2n) is 10.1. The number of aliphatic hydroxyl groups excluding tert-OH is 1. The number of piperazine rings is 1. The molecule has 2 aliphatic rings. The quantitative estimate of drug-likeness (QED) is 0.458. The molecule has 1 saturated carbocycles. The Hall–Kier alpha value is -2.52. The third kappa shape index (κ3) is 5.67. The van der Waals surface area contributed by atoms with Gasteiger partial charge in [-0.1, -0.05) is 24.3 Å². The number of ether oxygens (including phenoxy) is 1. The molecule has 1 aliphatic heterocycles. The van der Waals surface area contributed by atoms with Crippen LogP contribution in [0.5, 0.6) is 0 Å². The minimum atomic E-state index is -0.179. The number of hydrogen-bond donors (Lipinski definition) is 3. The van der Waals surface area contributed by atoms with Crippen molar-refractivity contribution in [1.82, 2.24) is 24.8 Å². The molecule has 1 saturated heterocycles. The summed E-state index contributed by atoms with van der Waals surface area (Å²) in [5, 5.41) is 21.7. The molecule has 2 fully saturated rings. The second kappa shape index (κ2) is 11.0. The number of rotatable bonds is 8. The maximum absolute atomic E-state index is 10.0. The van der Waals surface area contributed by atoms with Gasteiger partial charge in [0.2, 0.25) is 5.95 Å². The predicted molar refractivity (Wildman–Crippen MR) is 139 cm³/mol. The van der Waals surface area contributed by atoms with E-state index in [0.29, 0.717) is 18.5 Å². The zero-order chi connectivity index (χ0) is 24.2. The molecule has 1 aromatic carbocycles. The first-order chi connectivity index (χ1) is 17.1. The number of benzene rings is 1. The average Bonchev–Trinajstić information content (AvgIpc) is 3.24. The fraction of sp³-hybridized carbons (Fsp3) is 0.556. The largest absolute Gasteiger partial charge is 0.393 e. The van der Waals surface area contributed by atoms with E-state index < -0.39 is 0 Å². The lowest BCUT2D eigenvalue weighted by atomic mass is 9.85. The lowest BCUT2D eigenvalue weighted by Gasteiger charge is -2.27. The molecule has 0 bridgehead atoms. The first-order valence-electron chi connectivity index (χ1n) is 13.0. The fourth-order valence-corrected chi connectivity index (χ4v) is 5.40. The van der Waals surface area contributed by atoms with Gasteiger partial charge in [0.25, 0.3) is 0 Å². The first-order valence-corrected chi connectivity index (χ1v) is 13.0. The number of anilines is 1. The molecule has 0 amide bonds. The predicted octanol–water partition coefficient (Wildman–Crippen LogP) is 3.27. The van der Waals surface area contributed by atoms with Crippen molar-refractivity contribution in [2.24, 2.45) is 0 Å². The smallest absolute Gasteiger partial charge is 0.241 e. The molecule has 0 radical (unpaired) electrons. The molecule has 3 heterocycles. The second-order valence-corrected chi connectivity index (χ2v) is 10.1. The van der Waals surface area contributed by atoms with Crippen molar-refractivity contribution in [3.63, 3.8) is 0 Å². The minimum Gasteiger partial charge on any atom is -0.393 e. The SMILES string of the molecule is COCC(C)Nc1ncc2c(-c3ccc(CN4CCNCC4)cc3)cc(C3CCC(O)CC3)n2n1. The third-order valence-electron chi connectivity index (χ3n) is 7.33. The Morgan fingerprint density at radius 2 is 1.89 bits per heavy atom. The van der Waals surface area contributed by atoms with Gasteiger partial charge in [0.15, 0.2) is 0 Å². The number of nitrogens with zero attached hydrogens (tertiary/aromatic N) is 4. The highest BCUT2D eigenvalue weighted by atomic mass is 16.5. The van der Waals surface area contributed by atoms with Crippen molar-refractivity contribution in [3.05, 3.63) is 47.8 Å². The van der Waals surface area contributed by atoms with Crippen LogP contribution in [0.2, 0.25) is 0 Å². The number of nitrogens with one attached hydrogen (secondary N) is 2. The summed E-state index contributed by atoms with van der Waals surface area (Å²) in [5.74, 6) is 0.985. The molecule has 8 nitrogen and oxygen atoms in total. The zero-order valence-corrected chi connectivity index (χ0v) is 20.9. The zero-order valence-electron chi connectivity index (χ0n) is 20.9. The van der Waals surface area contributed by atoms with E-state index in [-0.39, 0.29) is 12.1 Å². The van der Waals surface area contributed by atoms with E-state index in [1.54, 1.807) is 7.11 Å². The van der Waals surface area contributed by atoms with Crippen molar-refractivity contribution in [3.8, 4) is 11.1 Å². The van der Waals surface area contributed by atoms with Gasteiger partial charge >= 0.3 is 0 Å². The summed E-state index contributed by atoms with van der Waals surface area (Å²) < 4.78 is 7.33. The van der Waals surface area contributed by atoms with Crippen LogP contribution in [0.1, 0.15) is 49.8 Å². The van der Waals surface area contributed by atoms with E-state index in [2.05, 4.69) is 62.3 Å². The van der Waals surface area contributed by atoms with Crippen molar-refractivity contribution >= 4 is 11.5 Å². The maximum Gasteiger partial charge on any atom is 0.241 e. The van der Waals surface area contributed by atoms with Crippen LogP contribution in [0, 0.1) is 0 Å². The molecular formula is C27H38N6O2. The van der Waals surface area contributed by atoms with Gasteiger partial charge < -0.3 is 20.5 Å². The average molecular weight is 479 g/mol. The van der Waals surface area contributed by atoms with Gasteiger partial charge in [-0.2, -0.15) is 0 Å². The molecular weight excluding hydrogens is 440 g/mol. The van der Waals surface area contributed by atoms with Crippen LogP contribution in [0.3, 0.4) is 0 Å². The van der Waals surface area contributed by atoms with Gasteiger partial charge in [0.05, 0.1) is 24.4 Å². The molecule has 5 rings (SSSR count). The first kappa shape index (κ1) is 24.2. The monoisotopic (exact) mass is 478 g/mol. The van der Waals surface area contributed by atoms with E-state index in [1.807, 2.05) is 6.20 Å². The molecule has 2 aromatic heterocycles. The molecule has 8 heteroatoms. The molecule has 3 N–H and O–H groups in total. The number of fused-ring (bicyclic) bond motifs is 1. The summed E-state index contributed by atoms with van der Waals surface area (Å²) >= 11 is 0. The van der Waals surface area contributed by atoms with Crippen LogP contribution in [-0.4, -0.2) is 76.6 Å². The van der Waals surface area contributed by atoms with Gasteiger partial charge in [-0.05, 0) is 49.8 Å². The van der Waals surface area contributed by atoms with Gasteiger partial charge in [0.1, 0.15) is 0 Å². The fourth-order valence-electron chi connectivity index (χ4n) is 5.40. The summed E-state index contributed by atoms with van der Waals surface area (Å²) in [6.45, 7) is 7.97. The lowest BCUT2D eigenvalue weighted by Crippen LogP contribution is -2.42. The van der Waals surface area contributed by atoms with E-state index in [4.69, 9.17) is 9.84 Å². The molecule has 1 aliphatic carbocycles. The van der Waals surface area contributed by atoms with Gasteiger partial charge in [0, 0.05) is 63.1 Å². The number of methoxy groups -OCH3 is 1. The van der Waals surface area contributed by atoms with Crippen LogP contribution in [0.25, 0.3) is 16.6 Å². The molecule has 35 heavy (non-hydrogen) atoms. The Bertz CT molecular complexity index is 1100. The Kier molecular flexibility index (Phi) is 7.63. The summed E-state index contributed by atoms with van der Waals surface area (Å²) in [4.78, 5) is 7.13. The summed E-state index contributed by atoms with van der Waals surface area (Å²) in [6, 6.07) is 11.4. The summed E-state index contributed by atoms with van der Waals surface area (Å²) in [7, 11) is 1.70. The Labute approximate surface area is 207 Å². The third-order valence-corrected chi connectivity index (χ3v) is 7.33. The van der Waals surface area contributed by atoms with E-state index >= 15 is 0 Å². The van der Waals surface area contributed by atoms with Gasteiger partial charge in [-0.3, -0.25) is 4.90 Å². The highest BCUT2D eigenvalue weighted by molar-refractivity contribution is 5.81. The van der Waals surface area contributed by atoms with Crippen molar-refractivity contribution in [1.29, 1.82) is 0 Å². The van der Waals surface area contributed by atoms with E-state index in [9.17, 15) is 5.11 Å². The van der Waals surface area contributed by atoms with Crippen molar-refractivity contribution < 1.29 is 9.84 Å². The topological polar surface area (TPSA) is 87.0 Å². The maximum atomic E-state index is 10.0. The van der Waals surface area contributed by atoms with Crippen molar-refractivity contribution in [2.45, 2.75) is 57.2 Å². The Morgan fingerprint density at radius 1 is 1.14 bits per heavy atom. The number of aromatic nitrogens is 3. The lowest BCUT2D eigenvalue weighted by molar-refractivity contribution is 0.121. The number of aliphatic hydroxyl groups is 1. The van der Waals surface area contributed by atoms with Crippen molar-refractivity contribution in [2.75, 3.05) is 45.2 Å². The molecule has 188 valence electrons. The molecule has 0 spiro atoms. The van der Waals surface area contributed by atoms with E-state index in [1.165, 1.54) is 16.8 Å². The summed E-state index contributed by atoms with van der Waals surface area (Å²) in [5.41, 5.74) is 5.92. The minimum absolute atomic E-state index is 0.115. The van der Waals surface area contributed by atoms with Crippen LogP contribution < -0.4 is 10.6 Å². The van der Waals surface area contributed by atoms with Crippen LogP contribution in [0.4, 0.5) is 5.95 Å². The molecule has 1 unspecified atom stereocenters. The molecule has 1 atom stereocenters. The van der Waals surface area contributed by atoms with Crippen LogP contribution in [-0.2, 0) is 11.3 Å². The van der Waals surface area contributed by atoms with Gasteiger partial charge in [-0.15, -0.1) is 5.10 Å². The highest BCUT2D eigenvalue weighted by Gasteiger charge is 2.25. The normalized spacial score (nSPS) is 22.4. The highest BCUT2D eigenvalue weighted by Crippen LogP contribution is 2.37. The standard InChI is InChI=1S/C27H38N6O2/c1-19(18-35-2)30-27-29-16-26-24(15-25(33(26)31-27)22-7-9-23(34)10-8-22)21-5-3-20(4-6-21)17-32-13-11-28-12-14-32/h3-6,15-16,19,22-23,28,34H,7-14,17-18H2,1-2H3,(H,30,31). The summed E-state index contributed by atoms with van der Waals surface area (Å²) in [6.07, 6.45) is 5.39. The van der Waals surface area contributed by atoms with Crippen LogP contribution >= 0.6 is 0 Å². The Morgan fingerprint density at radius 3 is 2.60 bits per heavy atom. The Balaban J connectivity index is 1.45. The van der Waals surface area contributed by atoms with Gasteiger partial charge in [-0.25, -0.2) is 9.50 Å². The van der Waals surface area contributed by atoms with E-state index in [0.717, 1.165) is 69.5 Å². The van der Waals surface area contributed by atoms with Crippen LogP contribution in [0.15, 0.2) is 36.5 Å². The number of hydrogen-bond acceptors (Lipinski definition) is 7. The molecule has 3 aromatic rings.